The largest absolute Gasteiger partial charge is 0.395 e. The van der Waals surface area contributed by atoms with Crippen LogP contribution in [0.4, 0.5) is 10.5 Å². The van der Waals surface area contributed by atoms with Crippen molar-refractivity contribution in [3.05, 3.63) is 34.2 Å². The van der Waals surface area contributed by atoms with Crippen LogP contribution >= 0.6 is 24.0 Å². The van der Waals surface area contributed by atoms with E-state index in [0.717, 1.165) is 33.5 Å². The Bertz CT molecular complexity index is 585. The fraction of sp³-hybridized carbons (Fsp3) is 0.286. The first-order valence-electron chi connectivity index (χ1n) is 6.19. The maximum atomic E-state index is 11.2. The summed E-state index contributed by atoms with van der Waals surface area (Å²) in [6, 6.07) is 6.05. The van der Waals surface area contributed by atoms with E-state index in [4.69, 9.17) is 17.3 Å². The quantitative estimate of drug-likeness (QED) is 0.661. The van der Waals surface area contributed by atoms with Gasteiger partial charge in [-0.2, -0.15) is 0 Å². The Balaban J connectivity index is 2.24. The summed E-state index contributed by atoms with van der Waals surface area (Å²) < 4.78 is 0. The number of anilines is 1. The summed E-state index contributed by atoms with van der Waals surface area (Å²) in [4.78, 5) is 14.5. The minimum atomic E-state index is -0.127. The number of rotatable bonds is 4. The Labute approximate surface area is 127 Å². The normalized spacial score (nSPS) is 16.6. The van der Waals surface area contributed by atoms with E-state index in [0.29, 0.717) is 11.5 Å². The third kappa shape index (κ3) is 3.39. The number of aryl methyl sites for hydroxylation is 1. The first kappa shape index (κ1) is 15.0. The number of aliphatic hydroxyl groups is 1. The predicted molar refractivity (Wildman–Crippen MR) is 88.2 cm³/mol. The molecule has 6 heteroatoms. The lowest BCUT2D eigenvalue weighted by molar-refractivity contribution is 0.265. The molecular weight excluding hydrogens is 292 g/mol. The molecule has 0 unspecified atom stereocenters. The molecule has 0 spiro atoms. The van der Waals surface area contributed by atoms with Gasteiger partial charge in [0, 0.05) is 19.3 Å². The number of aliphatic hydroxyl groups excluding tert-OH is 1. The number of benzene rings is 1. The third-order valence-corrected chi connectivity index (χ3v) is 4.34. The zero-order valence-electron chi connectivity index (χ0n) is 11.3. The predicted octanol–water partition coefficient (Wildman–Crippen LogP) is 2.55. The number of nitrogens with one attached hydrogen (secondary N) is 1. The van der Waals surface area contributed by atoms with E-state index >= 15 is 0 Å². The molecule has 20 heavy (non-hydrogen) atoms. The fourth-order valence-electron chi connectivity index (χ4n) is 1.90. The molecule has 0 aromatic heterocycles. The van der Waals surface area contributed by atoms with Crippen LogP contribution in [-0.4, -0.2) is 35.5 Å². The van der Waals surface area contributed by atoms with Crippen LogP contribution in [0.5, 0.6) is 0 Å². The van der Waals surface area contributed by atoms with Gasteiger partial charge in [-0.05, 0) is 48.0 Å². The van der Waals surface area contributed by atoms with E-state index in [1.54, 1.807) is 0 Å². The van der Waals surface area contributed by atoms with Crippen LogP contribution in [0.15, 0.2) is 23.1 Å². The van der Waals surface area contributed by atoms with Crippen molar-refractivity contribution in [2.75, 3.05) is 25.1 Å². The van der Waals surface area contributed by atoms with E-state index < -0.39 is 0 Å². The summed E-state index contributed by atoms with van der Waals surface area (Å²) in [5, 5.41) is 11.4. The second kappa shape index (κ2) is 6.39. The Hall–Kier alpha value is -1.37. The molecule has 0 atom stereocenters. The molecule has 4 nitrogen and oxygen atoms in total. The first-order valence-corrected chi connectivity index (χ1v) is 7.41. The Morgan fingerprint density at radius 1 is 1.50 bits per heavy atom. The number of nitrogens with zero attached hydrogens (tertiary/aromatic N) is 1. The molecule has 106 valence electrons. The van der Waals surface area contributed by atoms with E-state index in [-0.39, 0.29) is 11.8 Å². The van der Waals surface area contributed by atoms with Crippen LogP contribution < -0.4 is 10.2 Å². The van der Waals surface area contributed by atoms with Crippen molar-refractivity contribution in [1.82, 2.24) is 5.32 Å². The number of carbonyl (C=O) groups is 1. The minimum Gasteiger partial charge on any atom is -0.395 e. The monoisotopic (exact) mass is 308 g/mol. The molecule has 0 saturated carbocycles. The fourth-order valence-corrected chi connectivity index (χ4v) is 2.92. The van der Waals surface area contributed by atoms with Crippen LogP contribution in [0.1, 0.15) is 11.1 Å². The Morgan fingerprint density at radius 3 is 2.80 bits per heavy atom. The summed E-state index contributed by atoms with van der Waals surface area (Å²) in [7, 11) is 1.94. The number of carbonyl (C=O) groups excluding carboxylic acids is 1. The standard InChI is InChI=1S/C14H16N2O2S2/c1-9-7-11(16(2)5-6-17)4-3-10(9)8-12-13(19)15-14(18)20-12/h3-4,7-8,17H,5-6H2,1-2H3,(H,15,18,19)/b12-8-. The van der Waals surface area contributed by atoms with Crippen molar-refractivity contribution in [3.63, 3.8) is 0 Å². The highest BCUT2D eigenvalue weighted by Gasteiger charge is 2.21. The van der Waals surface area contributed by atoms with Crippen LogP contribution in [-0.2, 0) is 0 Å². The van der Waals surface area contributed by atoms with Crippen molar-refractivity contribution in [2.45, 2.75) is 6.92 Å². The second-order valence-corrected chi connectivity index (χ2v) is 5.96. The average molecular weight is 308 g/mol. The van der Waals surface area contributed by atoms with Gasteiger partial charge in [-0.15, -0.1) is 0 Å². The van der Waals surface area contributed by atoms with Gasteiger partial charge in [-0.1, -0.05) is 18.3 Å². The summed E-state index contributed by atoms with van der Waals surface area (Å²) >= 11 is 6.23. The highest BCUT2D eigenvalue weighted by atomic mass is 32.2. The average Bonchev–Trinajstić information content (AvgIpc) is 2.70. The van der Waals surface area contributed by atoms with Gasteiger partial charge in [0.15, 0.2) is 0 Å². The molecule has 2 N–H and O–H groups in total. The molecule has 0 bridgehead atoms. The van der Waals surface area contributed by atoms with Gasteiger partial charge in [0.05, 0.1) is 11.5 Å². The van der Waals surface area contributed by atoms with Gasteiger partial charge in [-0.25, -0.2) is 0 Å². The SMILES string of the molecule is Cc1cc(N(C)CCO)ccc1/C=C1\SC(=O)NC1=S. The van der Waals surface area contributed by atoms with Crippen molar-refractivity contribution in [1.29, 1.82) is 0 Å². The van der Waals surface area contributed by atoms with Crippen LogP contribution in [0.2, 0.25) is 0 Å². The minimum absolute atomic E-state index is 0.125. The van der Waals surface area contributed by atoms with Gasteiger partial charge in [0.25, 0.3) is 5.24 Å². The molecule has 1 aliphatic heterocycles. The maximum Gasteiger partial charge on any atom is 0.289 e. The molecule has 1 amide bonds. The van der Waals surface area contributed by atoms with Gasteiger partial charge >= 0.3 is 0 Å². The Kier molecular flexibility index (Phi) is 4.80. The lowest BCUT2D eigenvalue weighted by Gasteiger charge is -2.19. The molecule has 1 aliphatic rings. The number of amides is 1. The lowest BCUT2D eigenvalue weighted by Crippen LogP contribution is -2.21. The highest BCUT2D eigenvalue weighted by molar-refractivity contribution is 8.19. The molecule has 0 radical (unpaired) electrons. The molecule has 1 aromatic carbocycles. The van der Waals surface area contributed by atoms with Crippen LogP contribution in [0, 0.1) is 6.92 Å². The second-order valence-electron chi connectivity index (χ2n) is 4.54. The van der Waals surface area contributed by atoms with Crippen LogP contribution in [0.25, 0.3) is 6.08 Å². The Morgan fingerprint density at radius 2 is 2.25 bits per heavy atom. The topological polar surface area (TPSA) is 52.6 Å². The molecule has 1 fully saturated rings. The number of thiocarbonyl (C=S) groups is 1. The molecule has 2 rings (SSSR count). The van der Waals surface area contributed by atoms with Gasteiger partial charge < -0.3 is 15.3 Å². The van der Waals surface area contributed by atoms with E-state index in [2.05, 4.69) is 11.4 Å². The summed E-state index contributed by atoms with van der Waals surface area (Å²) in [5.41, 5.74) is 3.18. The highest BCUT2D eigenvalue weighted by Crippen LogP contribution is 2.28. The molecule has 1 saturated heterocycles. The summed E-state index contributed by atoms with van der Waals surface area (Å²) in [5.74, 6) is 0. The van der Waals surface area contributed by atoms with E-state index in [1.165, 1.54) is 0 Å². The first-order chi connectivity index (χ1) is 9.51. The van der Waals surface area contributed by atoms with Crippen LogP contribution in [0.3, 0.4) is 0 Å². The zero-order chi connectivity index (χ0) is 14.7. The van der Waals surface area contributed by atoms with Crippen molar-refractivity contribution >= 4 is 46.0 Å². The number of hydrogen-bond acceptors (Lipinski definition) is 5. The van der Waals surface area contributed by atoms with Gasteiger partial charge in [-0.3, -0.25) is 4.79 Å². The number of thioether (sulfide) groups is 1. The lowest BCUT2D eigenvalue weighted by atomic mass is 10.1. The maximum absolute atomic E-state index is 11.2. The number of likely N-dealkylation sites (N-methyl/N-ethyl adjacent to an activating group) is 1. The zero-order valence-corrected chi connectivity index (χ0v) is 13.0. The molecule has 1 heterocycles. The van der Waals surface area contributed by atoms with Gasteiger partial charge in [0.1, 0.15) is 4.99 Å². The smallest absolute Gasteiger partial charge is 0.289 e. The number of hydrogen-bond donors (Lipinski definition) is 2. The van der Waals surface area contributed by atoms with Crippen molar-refractivity contribution < 1.29 is 9.90 Å². The van der Waals surface area contributed by atoms with E-state index in [9.17, 15) is 4.79 Å². The summed E-state index contributed by atoms with van der Waals surface area (Å²) in [6.07, 6.45) is 1.93. The molecular formula is C14H16N2O2S2. The van der Waals surface area contributed by atoms with Gasteiger partial charge in [0.2, 0.25) is 0 Å². The van der Waals surface area contributed by atoms with Crippen molar-refractivity contribution in [2.24, 2.45) is 0 Å². The molecule has 1 aromatic rings. The van der Waals surface area contributed by atoms with E-state index in [1.807, 2.05) is 37.1 Å². The third-order valence-electron chi connectivity index (χ3n) is 3.06. The summed E-state index contributed by atoms with van der Waals surface area (Å²) in [6.45, 7) is 2.73. The van der Waals surface area contributed by atoms with Crippen molar-refractivity contribution in [3.8, 4) is 0 Å². The molecule has 0 aliphatic carbocycles.